The average molecular weight is 275 g/mol. The number of hydrogen-bond donors (Lipinski definition) is 1. The molecule has 0 spiro atoms. The third-order valence-electron chi connectivity index (χ3n) is 3.67. The van der Waals surface area contributed by atoms with E-state index in [1.54, 1.807) is 18.0 Å². The van der Waals surface area contributed by atoms with Crippen molar-refractivity contribution >= 4 is 11.8 Å². The number of piperidine rings is 1. The van der Waals surface area contributed by atoms with Crippen LogP contribution in [0.15, 0.2) is 24.5 Å². The Kier molecular flexibility index (Phi) is 5.09. The molecule has 0 unspecified atom stereocenters. The van der Waals surface area contributed by atoms with Crippen LogP contribution in [0, 0.1) is 5.92 Å². The number of likely N-dealkylation sites (tertiary alicyclic amines) is 1. The summed E-state index contributed by atoms with van der Waals surface area (Å²) in [6, 6.07) is 3.89. The van der Waals surface area contributed by atoms with E-state index in [1.165, 1.54) is 0 Å². The van der Waals surface area contributed by atoms with Crippen molar-refractivity contribution < 1.29 is 9.59 Å². The minimum atomic E-state index is -0.0680. The Labute approximate surface area is 119 Å². The SMILES string of the molecule is CC(=O)N1CCC[C@H](C(=O)NCCc2cccnc2)C1. The van der Waals surface area contributed by atoms with Crippen molar-refractivity contribution in [2.24, 2.45) is 5.92 Å². The number of nitrogens with zero attached hydrogens (tertiary/aromatic N) is 2. The number of rotatable bonds is 4. The molecule has 2 heterocycles. The summed E-state index contributed by atoms with van der Waals surface area (Å²) in [5, 5.41) is 2.96. The summed E-state index contributed by atoms with van der Waals surface area (Å²) in [4.78, 5) is 29.2. The van der Waals surface area contributed by atoms with Gasteiger partial charge in [0.25, 0.3) is 0 Å². The molecule has 0 aromatic carbocycles. The topological polar surface area (TPSA) is 62.3 Å². The van der Waals surface area contributed by atoms with Crippen LogP contribution in [-0.4, -0.2) is 41.3 Å². The van der Waals surface area contributed by atoms with Crippen molar-refractivity contribution in [2.45, 2.75) is 26.2 Å². The van der Waals surface area contributed by atoms with Gasteiger partial charge in [-0.2, -0.15) is 0 Å². The first-order valence-electron chi connectivity index (χ1n) is 7.09. The molecule has 1 fully saturated rings. The van der Waals surface area contributed by atoms with E-state index in [-0.39, 0.29) is 17.7 Å². The monoisotopic (exact) mass is 275 g/mol. The molecule has 1 atom stereocenters. The first-order valence-corrected chi connectivity index (χ1v) is 7.09. The van der Waals surface area contributed by atoms with Crippen LogP contribution < -0.4 is 5.32 Å². The van der Waals surface area contributed by atoms with Crippen LogP contribution in [-0.2, 0) is 16.0 Å². The van der Waals surface area contributed by atoms with Crippen LogP contribution in [0.1, 0.15) is 25.3 Å². The number of amides is 2. The van der Waals surface area contributed by atoms with Gasteiger partial charge in [-0.3, -0.25) is 14.6 Å². The Hall–Kier alpha value is -1.91. The summed E-state index contributed by atoms with van der Waals surface area (Å²) >= 11 is 0. The van der Waals surface area contributed by atoms with Gasteiger partial charge in [-0.15, -0.1) is 0 Å². The van der Waals surface area contributed by atoms with Crippen LogP contribution in [0.25, 0.3) is 0 Å². The van der Waals surface area contributed by atoms with Gasteiger partial charge < -0.3 is 10.2 Å². The summed E-state index contributed by atoms with van der Waals surface area (Å²) in [6.45, 7) is 3.49. The van der Waals surface area contributed by atoms with E-state index in [1.807, 2.05) is 18.3 Å². The Morgan fingerprint density at radius 1 is 1.50 bits per heavy atom. The number of aromatic nitrogens is 1. The molecule has 5 nitrogen and oxygen atoms in total. The second kappa shape index (κ2) is 7.03. The van der Waals surface area contributed by atoms with Gasteiger partial charge in [-0.25, -0.2) is 0 Å². The maximum atomic E-state index is 12.1. The molecule has 0 radical (unpaired) electrons. The van der Waals surface area contributed by atoms with E-state index in [2.05, 4.69) is 10.3 Å². The van der Waals surface area contributed by atoms with Crippen molar-refractivity contribution in [3.63, 3.8) is 0 Å². The summed E-state index contributed by atoms with van der Waals surface area (Å²) in [5.74, 6) is 0.0410. The molecule has 0 saturated carbocycles. The van der Waals surface area contributed by atoms with Gasteiger partial charge in [0.1, 0.15) is 0 Å². The summed E-state index contributed by atoms with van der Waals surface area (Å²) < 4.78 is 0. The molecular formula is C15H21N3O2. The number of carbonyl (C=O) groups is 2. The molecule has 1 saturated heterocycles. The van der Waals surface area contributed by atoms with E-state index in [9.17, 15) is 9.59 Å². The van der Waals surface area contributed by atoms with Crippen LogP contribution in [0.5, 0.6) is 0 Å². The lowest BCUT2D eigenvalue weighted by Crippen LogP contribution is -2.45. The van der Waals surface area contributed by atoms with Crippen molar-refractivity contribution in [3.05, 3.63) is 30.1 Å². The van der Waals surface area contributed by atoms with E-state index >= 15 is 0 Å². The normalized spacial score (nSPS) is 18.6. The zero-order valence-corrected chi connectivity index (χ0v) is 11.8. The number of hydrogen-bond acceptors (Lipinski definition) is 3. The Balaban J connectivity index is 1.75. The minimum absolute atomic E-state index is 0.0536. The highest BCUT2D eigenvalue weighted by Gasteiger charge is 2.26. The fraction of sp³-hybridized carbons (Fsp3) is 0.533. The van der Waals surface area contributed by atoms with Crippen LogP contribution >= 0.6 is 0 Å². The van der Waals surface area contributed by atoms with E-state index in [0.717, 1.165) is 31.4 Å². The molecule has 1 aromatic rings. The molecule has 0 bridgehead atoms. The molecule has 1 aliphatic heterocycles. The molecular weight excluding hydrogens is 254 g/mol. The third-order valence-corrected chi connectivity index (χ3v) is 3.67. The molecule has 1 aliphatic rings. The van der Waals surface area contributed by atoms with E-state index < -0.39 is 0 Å². The average Bonchev–Trinajstić information content (AvgIpc) is 2.48. The predicted octanol–water partition coefficient (Wildman–Crippen LogP) is 0.999. The maximum absolute atomic E-state index is 12.1. The third kappa shape index (κ3) is 4.05. The molecule has 2 amide bonds. The summed E-state index contributed by atoms with van der Waals surface area (Å²) in [6.07, 6.45) is 6.09. The first-order chi connectivity index (χ1) is 9.66. The fourth-order valence-electron chi connectivity index (χ4n) is 2.50. The van der Waals surface area contributed by atoms with Gasteiger partial charge in [0.15, 0.2) is 0 Å². The van der Waals surface area contributed by atoms with Crippen LogP contribution in [0.3, 0.4) is 0 Å². The van der Waals surface area contributed by atoms with Gasteiger partial charge in [0, 0.05) is 39.0 Å². The summed E-state index contributed by atoms with van der Waals surface area (Å²) in [5.41, 5.74) is 1.11. The van der Waals surface area contributed by atoms with E-state index in [4.69, 9.17) is 0 Å². The van der Waals surface area contributed by atoms with Crippen molar-refractivity contribution in [1.82, 2.24) is 15.2 Å². The van der Waals surface area contributed by atoms with Crippen molar-refractivity contribution in [2.75, 3.05) is 19.6 Å². The zero-order chi connectivity index (χ0) is 14.4. The molecule has 1 aromatic heterocycles. The second-order valence-electron chi connectivity index (χ2n) is 5.21. The van der Waals surface area contributed by atoms with Gasteiger partial charge >= 0.3 is 0 Å². The smallest absolute Gasteiger partial charge is 0.224 e. The molecule has 108 valence electrons. The van der Waals surface area contributed by atoms with Gasteiger partial charge in [0.05, 0.1) is 5.92 Å². The Bertz CT molecular complexity index is 461. The molecule has 5 heteroatoms. The van der Waals surface area contributed by atoms with Gasteiger partial charge in [-0.05, 0) is 30.9 Å². The van der Waals surface area contributed by atoms with Gasteiger partial charge in [0.2, 0.25) is 11.8 Å². The number of carbonyl (C=O) groups excluding carboxylic acids is 2. The van der Waals surface area contributed by atoms with E-state index in [0.29, 0.717) is 13.1 Å². The largest absolute Gasteiger partial charge is 0.355 e. The highest BCUT2D eigenvalue weighted by atomic mass is 16.2. The highest BCUT2D eigenvalue weighted by Crippen LogP contribution is 2.16. The fourth-order valence-corrected chi connectivity index (χ4v) is 2.50. The highest BCUT2D eigenvalue weighted by molar-refractivity contribution is 5.80. The number of pyridine rings is 1. The molecule has 1 N–H and O–H groups in total. The maximum Gasteiger partial charge on any atom is 0.224 e. The minimum Gasteiger partial charge on any atom is -0.355 e. The summed E-state index contributed by atoms with van der Waals surface area (Å²) in [7, 11) is 0. The quantitative estimate of drug-likeness (QED) is 0.891. The Morgan fingerprint density at radius 3 is 3.05 bits per heavy atom. The van der Waals surface area contributed by atoms with Crippen molar-refractivity contribution in [1.29, 1.82) is 0 Å². The predicted molar refractivity (Wildman–Crippen MR) is 75.9 cm³/mol. The van der Waals surface area contributed by atoms with Crippen molar-refractivity contribution in [3.8, 4) is 0 Å². The molecule has 0 aliphatic carbocycles. The molecule has 20 heavy (non-hydrogen) atoms. The standard InChI is InChI=1S/C15H21N3O2/c1-12(19)18-9-3-5-14(11-18)15(20)17-8-6-13-4-2-7-16-10-13/h2,4,7,10,14H,3,5-6,8-9,11H2,1H3,(H,17,20)/t14-/m0/s1. The zero-order valence-electron chi connectivity index (χ0n) is 11.8. The van der Waals surface area contributed by atoms with Crippen LogP contribution in [0.4, 0.5) is 0 Å². The molecule has 2 rings (SSSR count). The lowest BCUT2D eigenvalue weighted by atomic mass is 9.97. The lowest BCUT2D eigenvalue weighted by Gasteiger charge is -2.31. The first kappa shape index (κ1) is 14.5. The lowest BCUT2D eigenvalue weighted by molar-refractivity contribution is -0.133. The Morgan fingerprint density at radius 2 is 2.35 bits per heavy atom. The van der Waals surface area contributed by atoms with Gasteiger partial charge in [-0.1, -0.05) is 6.07 Å². The number of nitrogens with one attached hydrogen (secondary N) is 1. The van der Waals surface area contributed by atoms with Crippen LogP contribution in [0.2, 0.25) is 0 Å². The second-order valence-corrected chi connectivity index (χ2v) is 5.21.